The molecule has 0 radical (unpaired) electrons. The molecular formula is C23H27NO4. The molecule has 0 amide bonds. The summed E-state index contributed by atoms with van der Waals surface area (Å²) in [7, 11) is 2.83. The zero-order chi connectivity index (χ0) is 19.9. The molecule has 5 heteroatoms. The van der Waals surface area contributed by atoms with Gasteiger partial charge in [0.05, 0.1) is 20.1 Å². The van der Waals surface area contributed by atoms with E-state index < -0.39 is 12.0 Å². The van der Waals surface area contributed by atoms with E-state index in [9.17, 15) is 9.59 Å². The van der Waals surface area contributed by atoms with Gasteiger partial charge in [-0.25, -0.2) is 4.79 Å². The Hall–Kier alpha value is -2.66. The van der Waals surface area contributed by atoms with Gasteiger partial charge in [0.1, 0.15) is 6.04 Å². The fourth-order valence-electron chi connectivity index (χ4n) is 4.17. The highest BCUT2D eigenvalue weighted by Gasteiger charge is 2.42. The van der Waals surface area contributed by atoms with Gasteiger partial charge in [0.15, 0.2) is 0 Å². The summed E-state index contributed by atoms with van der Waals surface area (Å²) >= 11 is 0. The number of hydrogen-bond donors (Lipinski definition) is 0. The fourth-order valence-corrected chi connectivity index (χ4v) is 4.17. The van der Waals surface area contributed by atoms with Crippen molar-refractivity contribution in [3.8, 4) is 0 Å². The highest BCUT2D eigenvalue weighted by atomic mass is 16.5. The molecule has 0 saturated carbocycles. The smallest absolute Gasteiger partial charge is 0.327 e. The van der Waals surface area contributed by atoms with Crippen LogP contribution in [0.4, 0.5) is 0 Å². The summed E-state index contributed by atoms with van der Waals surface area (Å²) in [6.45, 7) is 0.722. The van der Waals surface area contributed by atoms with Gasteiger partial charge >= 0.3 is 11.9 Å². The van der Waals surface area contributed by atoms with E-state index in [4.69, 9.17) is 9.47 Å². The van der Waals surface area contributed by atoms with E-state index in [1.807, 2.05) is 60.7 Å². The molecule has 5 nitrogen and oxygen atoms in total. The number of carbonyl (C=O) groups excluding carboxylic acids is 2. The van der Waals surface area contributed by atoms with E-state index in [-0.39, 0.29) is 18.0 Å². The lowest BCUT2D eigenvalue weighted by Crippen LogP contribution is -2.49. The first kappa shape index (κ1) is 20.1. The molecule has 1 fully saturated rings. The lowest BCUT2D eigenvalue weighted by Gasteiger charge is -2.43. The Morgan fingerprint density at radius 2 is 1.43 bits per heavy atom. The van der Waals surface area contributed by atoms with Crippen molar-refractivity contribution in [1.29, 1.82) is 0 Å². The second kappa shape index (κ2) is 9.51. The van der Waals surface area contributed by atoms with Gasteiger partial charge in [0.2, 0.25) is 0 Å². The molecule has 0 aliphatic carbocycles. The summed E-state index contributed by atoms with van der Waals surface area (Å²) in [6.07, 6.45) is 2.79. The van der Waals surface area contributed by atoms with Crippen molar-refractivity contribution < 1.29 is 19.1 Å². The minimum atomic E-state index is -0.549. The summed E-state index contributed by atoms with van der Waals surface area (Å²) in [5.74, 6) is -1.04. The van der Waals surface area contributed by atoms with Crippen molar-refractivity contribution >= 4 is 11.9 Å². The van der Waals surface area contributed by atoms with Crippen molar-refractivity contribution in [3.63, 3.8) is 0 Å². The molecule has 0 spiro atoms. The molecule has 148 valence electrons. The molecule has 0 N–H and O–H groups in total. The molecule has 1 heterocycles. The average molecular weight is 381 g/mol. The van der Waals surface area contributed by atoms with E-state index in [1.165, 1.54) is 14.2 Å². The van der Waals surface area contributed by atoms with Gasteiger partial charge in [0.25, 0.3) is 0 Å². The number of methoxy groups -OCH3 is 2. The minimum absolute atomic E-state index is 0.145. The number of benzene rings is 2. The zero-order valence-electron chi connectivity index (χ0n) is 16.4. The average Bonchev–Trinajstić information content (AvgIpc) is 2.76. The monoisotopic (exact) mass is 381 g/mol. The highest BCUT2D eigenvalue weighted by Crippen LogP contribution is 2.37. The van der Waals surface area contributed by atoms with E-state index in [0.29, 0.717) is 0 Å². The molecule has 2 aromatic rings. The van der Waals surface area contributed by atoms with E-state index in [0.717, 1.165) is 36.9 Å². The van der Waals surface area contributed by atoms with Crippen LogP contribution in [0.25, 0.3) is 0 Å². The van der Waals surface area contributed by atoms with Crippen LogP contribution in [0.2, 0.25) is 0 Å². The van der Waals surface area contributed by atoms with Crippen LogP contribution in [0.5, 0.6) is 0 Å². The molecule has 1 aliphatic rings. The Labute approximate surface area is 166 Å². The van der Waals surface area contributed by atoms with Gasteiger partial charge in [-0.15, -0.1) is 0 Å². The number of esters is 2. The molecule has 1 saturated heterocycles. The zero-order valence-corrected chi connectivity index (χ0v) is 16.4. The van der Waals surface area contributed by atoms with Crippen LogP contribution < -0.4 is 0 Å². The molecule has 3 rings (SSSR count). The normalized spacial score (nSPS) is 19.4. The number of hydrogen-bond acceptors (Lipinski definition) is 5. The third-order valence-electron chi connectivity index (χ3n) is 5.46. The molecule has 0 bridgehead atoms. The van der Waals surface area contributed by atoms with Crippen molar-refractivity contribution in [2.45, 2.75) is 37.3 Å². The maximum atomic E-state index is 12.8. The SMILES string of the molecule is COC(=O)C(c1ccccc1)C1CCCCN1C(C(=O)OC)c1ccccc1. The van der Waals surface area contributed by atoms with Gasteiger partial charge in [-0.3, -0.25) is 9.69 Å². The predicted octanol–water partition coefficient (Wildman–Crippen LogP) is 3.71. The van der Waals surface area contributed by atoms with Crippen LogP contribution in [0, 0.1) is 0 Å². The number of carbonyl (C=O) groups is 2. The summed E-state index contributed by atoms with van der Waals surface area (Å²) < 4.78 is 10.3. The van der Waals surface area contributed by atoms with E-state index >= 15 is 0 Å². The van der Waals surface area contributed by atoms with Crippen LogP contribution in [-0.2, 0) is 19.1 Å². The number of piperidine rings is 1. The largest absolute Gasteiger partial charge is 0.469 e. The number of rotatable bonds is 6. The summed E-state index contributed by atoms with van der Waals surface area (Å²) in [5.41, 5.74) is 1.78. The maximum Gasteiger partial charge on any atom is 0.327 e. The lowest BCUT2D eigenvalue weighted by molar-refractivity contribution is -0.153. The third kappa shape index (κ3) is 4.25. The van der Waals surface area contributed by atoms with Gasteiger partial charge < -0.3 is 9.47 Å². The number of nitrogens with zero attached hydrogens (tertiary/aromatic N) is 1. The van der Waals surface area contributed by atoms with E-state index in [1.54, 1.807) is 0 Å². The third-order valence-corrected chi connectivity index (χ3v) is 5.46. The van der Waals surface area contributed by atoms with Crippen LogP contribution in [0.15, 0.2) is 60.7 Å². The van der Waals surface area contributed by atoms with Crippen LogP contribution in [0.1, 0.15) is 42.3 Å². The Balaban J connectivity index is 2.03. The second-order valence-electron chi connectivity index (χ2n) is 7.05. The first-order chi connectivity index (χ1) is 13.7. The first-order valence-electron chi connectivity index (χ1n) is 9.68. The van der Waals surface area contributed by atoms with Crippen molar-refractivity contribution in [2.24, 2.45) is 0 Å². The quantitative estimate of drug-likeness (QED) is 0.714. The van der Waals surface area contributed by atoms with E-state index in [2.05, 4.69) is 4.90 Å². The summed E-state index contributed by atoms with van der Waals surface area (Å²) in [4.78, 5) is 27.7. The van der Waals surface area contributed by atoms with Crippen LogP contribution in [-0.4, -0.2) is 43.6 Å². The molecule has 3 atom stereocenters. The highest BCUT2D eigenvalue weighted by molar-refractivity contribution is 5.80. The number of ether oxygens (including phenoxy) is 2. The second-order valence-corrected chi connectivity index (χ2v) is 7.05. The Morgan fingerprint density at radius 3 is 2.00 bits per heavy atom. The van der Waals surface area contributed by atoms with Crippen molar-refractivity contribution in [1.82, 2.24) is 4.90 Å². The Kier molecular flexibility index (Phi) is 6.82. The lowest BCUT2D eigenvalue weighted by atomic mass is 9.83. The van der Waals surface area contributed by atoms with Gasteiger partial charge in [-0.2, -0.15) is 0 Å². The van der Waals surface area contributed by atoms with Crippen molar-refractivity contribution in [3.05, 3.63) is 71.8 Å². The first-order valence-corrected chi connectivity index (χ1v) is 9.68. The minimum Gasteiger partial charge on any atom is -0.469 e. The van der Waals surface area contributed by atoms with Crippen molar-refractivity contribution in [2.75, 3.05) is 20.8 Å². The fraction of sp³-hybridized carbons (Fsp3) is 0.391. The Bertz CT molecular complexity index is 710. The Morgan fingerprint density at radius 1 is 0.857 bits per heavy atom. The van der Waals surface area contributed by atoms with Gasteiger partial charge in [-0.1, -0.05) is 67.1 Å². The molecule has 0 aromatic heterocycles. The molecule has 1 aliphatic heterocycles. The maximum absolute atomic E-state index is 12.8. The standard InChI is InChI=1S/C23H27NO4/c1-27-22(25)20(17-11-5-3-6-12-17)19-15-9-10-16-24(19)21(23(26)28-2)18-13-7-4-8-14-18/h3-8,11-14,19-21H,9-10,15-16H2,1-2H3. The molecule has 2 aromatic carbocycles. The molecular weight excluding hydrogens is 354 g/mol. The predicted molar refractivity (Wildman–Crippen MR) is 107 cm³/mol. The van der Waals surface area contributed by atoms with Gasteiger partial charge in [0, 0.05) is 6.04 Å². The van der Waals surface area contributed by atoms with Crippen LogP contribution >= 0.6 is 0 Å². The summed E-state index contributed by atoms with van der Waals surface area (Å²) in [6, 6.07) is 18.6. The topological polar surface area (TPSA) is 55.8 Å². The molecule has 28 heavy (non-hydrogen) atoms. The molecule has 3 unspecified atom stereocenters. The number of likely N-dealkylation sites (tertiary alicyclic amines) is 1. The van der Waals surface area contributed by atoms with Gasteiger partial charge in [-0.05, 0) is 30.5 Å². The summed E-state index contributed by atoms with van der Waals surface area (Å²) in [5, 5.41) is 0. The van der Waals surface area contributed by atoms with Crippen LogP contribution in [0.3, 0.4) is 0 Å².